The lowest BCUT2D eigenvalue weighted by atomic mass is 10.2. The average Bonchev–Trinajstić information content (AvgIpc) is 3.01. The molecule has 23 heavy (non-hydrogen) atoms. The van der Waals surface area contributed by atoms with Gasteiger partial charge in [-0.2, -0.15) is 0 Å². The average molecular weight is 349 g/mol. The molecule has 0 bridgehead atoms. The first-order valence-electron chi connectivity index (χ1n) is 7.08. The molecule has 2 N–H and O–H groups in total. The molecule has 2 aromatic carbocycles. The summed E-state index contributed by atoms with van der Waals surface area (Å²) in [7, 11) is 0. The van der Waals surface area contributed by atoms with Gasteiger partial charge in [-0.3, -0.25) is 4.79 Å². The zero-order valence-electron chi connectivity index (χ0n) is 12.1. The SMILES string of the molecule is O=C(CCOc1cccc(Cl)c1Cl)Nc1cccc2[nH]ccc12. The third-order valence-electron chi connectivity index (χ3n) is 3.37. The maximum Gasteiger partial charge on any atom is 0.227 e. The Morgan fingerprint density at radius 3 is 2.83 bits per heavy atom. The fourth-order valence-corrected chi connectivity index (χ4v) is 2.60. The van der Waals surface area contributed by atoms with Crippen LogP contribution in [0.5, 0.6) is 5.75 Å². The number of halogens is 2. The van der Waals surface area contributed by atoms with E-state index < -0.39 is 0 Å². The van der Waals surface area contributed by atoms with Gasteiger partial charge in [0, 0.05) is 17.1 Å². The second-order valence-electron chi connectivity index (χ2n) is 4.94. The van der Waals surface area contributed by atoms with Crippen LogP contribution in [0.2, 0.25) is 10.0 Å². The molecule has 0 aliphatic carbocycles. The Labute approximate surface area is 143 Å². The number of amides is 1. The second kappa shape index (κ2) is 6.94. The van der Waals surface area contributed by atoms with E-state index in [0.717, 1.165) is 16.6 Å². The third kappa shape index (κ3) is 3.60. The minimum absolute atomic E-state index is 0.128. The molecule has 0 fully saturated rings. The molecule has 1 heterocycles. The lowest BCUT2D eigenvalue weighted by Crippen LogP contribution is -2.15. The Hall–Kier alpha value is -2.17. The van der Waals surface area contributed by atoms with Gasteiger partial charge in [0.1, 0.15) is 10.8 Å². The van der Waals surface area contributed by atoms with E-state index in [9.17, 15) is 4.79 Å². The minimum atomic E-state index is -0.128. The molecule has 118 valence electrons. The molecule has 4 nitrogen and oxygen atoms in total. The minimum Gasteiger partial charge on any atom is -0.491 e. The molecule has 0 aliphatic rings. The molecule has 0 saturated carbocycles. The van der Waals surface area contributed by atoms with E-state index in [1.54, 1.807) is 18.2 Å². The van der Waals surface area contributed by atoms with Crippen molar-refractivity contribution in [3.8, 4) is 5.75 Å². The van der Waals surface area contributed by atoms with Gasteiger partial charge in [-0.25, -0.2) is 0 Å². The van der Waals surface area contributed by atoms with Gasteiger partial charge in [-0.1, -0.05) is 35.3 Å². The molecule has 0 spiro atoms. The normalized spacial score (nSPS) is 10.7. The van der Waals surface area contributed by atoms with E-state index in [4.69, 9.17) is 27.9 Å². The van der Waals surface area contributed by atoms with Gasteiger partial charge >= 0.3 is 0 Å². The van der Waals surface area contributed by atoms with Crippen LogP contribution >= 0.6 is 23.2 Å². The highest BCUT2D eigenvalue weighted by atomic mass is 35.5. The standard InChI is InChI=1S/C17H14Cl2N2O2/c18-12-3-1-6-15(17(12)19)23-10-8-16(22)21-14-5-2-4-13-11(14)7-9-20-13/h1-7,9,20H,8,10H2,(H,21,22). The highest BCUT2D eigenvalue weighted by Gasteiger charge is 2.09. The summed E-state index contributed by atoms with van der Waals surface area (Å²) in [5.41, 5.74) is 1.75. The van der Waals surface area contributed by atoms with Gasteiger partial charge in [0.2, 0.25) is 5.91 Å². The smallest absolute Gasteiger partial charge is 0.227 e. The summed E-state index contributed by atoms with van der Waals surface area (Å²) < 4.78 is 5.52. The molecule has 0 unspecified atom stereocenters. The molecule has 1 amide bonds. The number of aromatic amines is 1. The number of anilines is 1. The molecule has 3 aromatic rings. The Morgan fingerprint density at radius 2 is 1.96 bits per heavy atom. The van der Waals surface area contributed by atoms with E-state index in [1.165, 1.54) is 0 Å². The third-order valence-corrected chi connectivity index (χ3v) is 4.17. The number of H-pyrrole nitrogens is 1. The second-order valence-corrected chi connectivity index (χ2v) is 5.73. The van der Waals surface area contributed by atoms with Gasteiger partial charge in [0.25, 0.3) is 0 Å². The van der Waals surface area contributed by atoms with E-state index in [2.05, 4.69) is 10.3 Å². The van der Waals surface area contributed by atoms with Gasteiger partial charge in [-0.15, -0.1) is 0 Å². The Kier molecular flexibility index (Phi) is 4.74. The van der Waals surface area contributed by atoms with Crippen LogP contribution in [0, 0.1) is 0 Å². The van der Waals surface area contributed by atoms with Crippen LogP contribution in [0.25, 0.3) is 10.9 Å². The van der Waals surface area contributed by atoms with Crippen LogP contribution in [0.4, 0.5) is 5.69 Å². The molecule has 0 saturated heterocycles. The summed E-state index contributed by atoms with van der Waals surface area (Å²) in [6.07, 6.45) is 2.05. The van der Waals surface area contributed by atoms with E-state index in [-0.39, 0.29) is 18.9 Å². The summed E-state index contributed by atoms with van der Waals surface area (Å²) in [6, 6.07) is 12.8. The van der Waals surface area contributed by atoms with Crippen molar-refractivity contribution in [1.82, 2.24) is 4.98 Å². The first kappa shape index (κ1) is 15.7. The van der Waals surface area contributed by atoms with Crippen molar-refractivity contribution in [2.45, 2.75) is 6.42 Å². The predicted molar refractivity (Wildman–Crippen MR) is 93.5 cm³/mol. The number of aromatic nitrogens is 1. The number of carbonyl (C=O) groups is 1. The first-order chi connectivity index (χ1) is 11.1. The number of carbonyl (C=O) groups excluding carboxylic acids is 1. The van der Waals surface area contributed by atoms with E-state index >= 15 is 0 Å². The number of hydrogen-bond donors (Lipinski definition) is 2. The molecule has 3 rings (SSSR count). The molecule has 1 aromatic heterocycles. The lowest BCUT2D eigenvalue weighted by molar-refractivity contribution is -0.116. The largest absolute Gasteiger partial charge is 0.491 e. The van der Waals surface area contributed by atoms with Gasteiger partial charge in [-0.05, 0) is 30.3 Å². The summed E-state index contributed by atoms with van der Waals surface area (Å²) in [5.74, 6) is 0.344. The first-order valence-corrected chi connectivity index (χ1v) is 7.83. The van der Waals surface area contributed by atoms with Crippen LogP contribution < -0.4 is 10.1 Å². The number of rotatable bonds is 5. The van der Waals surface area contributed by atoms with Gasteiger partial charge < -0.3 is 15.0 Å². The van der Waals surface area contributed by atoms with Crippen molar-refractivity contribution < 1.29 is 9.53 Å². The van der Waals surface area contributed by atoms with Crippen LogP contribution in [0.3, 0.4) is 0 Å². The highest BCUT2D eigenvalue weighted by Crippen LogP contribution is 2.31. The van der Waals surface area contributed by atoms with Crippen molar-refractivity contribution in [1.29, 1.82) is 0 Å². The Bertz CT molecular complexity index is 845. The number of ether oxygens (including phenoxy) is 1. The Balaban J connectivity index is 1.58. The number of hydrogen-bond acceptors (Lipinski definition) is 2. The number of benzene rings is 2. The van der Waals surface area contributed by atoms with Crippen LogP contribution in [0.1, 0.15) is 6.42 Å². The number of nitrogens with one attached hydrogen (secondary N) is 2. The number of fused-ring (bicyclic) bond motifs is 1. The predicted octanol–water partition coefficient (Wildman–Crippen LogP) is 4.88. The molecule has 0 atom stereocenters. The summed E-state index contributed by atoms with van der Waals surface area (Å²) in [5, 5.41) is 4.63. The van der Waals surface area contributed by atoms with Crippen LogP contribution in [-0.2, 0) is 4.79 Å². The summed E-state index contributed by atoms with van der Waals surface area (Å²) >= 11 is 11.9. The van der Waals surface area contributed by atoms with Crippen molar-refractivity contribution >= 4 is 45.7 Å². The van der Waals surface area contributed by atoms with Gasteiger partial charge in [0.15, 0.2) is 0 Å². The summed E-state index contributed by atoms with van der Waals surface area (Å²) in [4.78, 5) is 15.2. The monoisotopic (exact) mass is 348 g/mol. The molecular weight excluding hydrogens is 335 g/mol. The molecular formula is C17H14Cl2N2O2. The zero-order valence-corrected chi connectivity index (χ0v) is 13.6. The Morgan fingerprint density at radius 1 is 1.13 bits per heavy atom. The van der Waals surface area contributed by atoms with Crippen molar-refractivity contribution in [3.05, 3.63) is 58.7 Å². The fraction of sp³-hybridized carbons (Fsp3) is 0.118. The van der Waals surface area contributed by atoms with Gasteiger partial charge in [0.05, 0.1) is 23.7 Å². The maximum atomic E-state index is 12.1. The zero-order chi connectivity index (χ0) is 16.2. The topological polar surface area (TPSA) is 54.1 Å². The van der Waals surface area contributed by atoms with E-state index in [1.807, 2.05) is 30.5 Å². The highest BCUT2D eigenvalue weighted by molar-refractivity contribution is 6.42. The molecule has 0 radical (unpaired) electrons. The quantitative estimate of drug-likeness (QED) is 0.690. The maximum absolute atomic E-state index is 12.1. The molecule has 0 aliphatic heterocycles. The fourth-order valence-electron chi connectivity index (χ4n) is 2.26. The van der Waals surface area contributed by atoms with Crippen molar-refractivity contribution in [2.24, 2.45) is 0 Å². The summed E-state index contributed by atoms with van der Waals surface area (Å²) in [6.45, 7) is 0.217. The van der Waals surface area contributed by atoms with Crippen molar-refractivity contribution in [3.63, 3.8) is 0 Å². The van der Waals surface area contributed by atoms with Crippen molar-refractivity contribution in [2.75, 3.05) is 11.9 Å². The van der Waals surface area contributed by atoms with E-state index in [0.29, 0.717) is 15.8 Å². The molecule has 6 heteroatoms. The lowest BCUT2D eigenvalue weighted by Gasteiger charge is -2.09. The van der Waals surface area contributed by atoms with Crippen LogP contribution in [0.15, 0.2) is 48.7 Å². The van der Waals surface area contributed by atoms with Crippen LogP contribution in [-0.4, -0.2) is 17.5 Å².